The van der Waals surface area contributed by atoms with Crippen LogP contribution < -0.4 is 10.1 Å². The maximum atomic E-state index is 12.3. The molecule has 0 bridgehead atoms. The highest BCUT2D eigenvalue weighted by Crippen LogP contribution is 2.40. The van der Waals surface area contributed by atoms with E-state index in [9.17, 15) is 9.59 Å². The van der Waals surface area contributed by atoms with E-state index in [-0.39, 0.29) is 12.5 Å². The highest BCUT2D eigenvalue weighted by atomic mass is 32.1. The minimum absolute atomic E-state index is 0.108. The third-order valence-corrected chi connectivity index (χ3v) is 5.68. The molecule has 1 atom stereocenters. The highest BCUT2D eigenvalue weighted by molar-refractivity contribution is 7.17. The molecule has 5 nitrogen and oxygen atoms in total. The summed E-state index contributed by atoms with van der Waals surface area (Å²) in [6.07, 6.45) is 2.81. The average molecular weight is 373 g/mol. The first kappa shape index (κ1) is 18.5. The van der Waals surface area contributed by atoms with Gasteiger partial charge in [0.1, 0.15) is 10.8 Å². The lowest BCUT2D eigenvalue weighted by Crippen LogP contribution is -2.21. The van der Waals surface area contributed by atoms with E-state index in [0.717, 1.165) is 30.4 Å². The Kier molecular flexibility index (Phi) is 5.61. The van der Waals surface area contributed by atoms with E-state index < -0.39 is 5.97 Å². The second-order valence-electron chi connectivity index (χ2n) is 6.70. The van der Waals surface area contributed by atoms with Crippen molar-refractivity contribution < 1.29 is 19.1 Å². The molecule has 1 aliphatic carbocycles. The molecule has 2 aromatic rings. The van der Waals surface area contributed by atoms with E-state index >= 15 is 0 Å². The molecule has 1 heterocycles. The number of rotatable bonds is 5. The Balaban J connectivity index is 1.74. The SMILES string of the molecule is COC(=O)c1c(NC(=O)COc2cccc(C)c2)sc2c1CCC(C)C2. The number of anilines is 1. The Bertz CT molecular complexity index is 827. The van der Waals surface area contributed by atoms with Crippen molar-refractivity contribution in [2.75, 3.05) is 19.0 Å². The molecular weight excluding hydrogens is 350 g/mol. The maximum Gasteiger partial charge on any atom is 0.341 e. The Morgan fingerprint density at radius 2 is 2.15 bits per heavy atom. The fourth-order valence-electron chi connectivity index (χ4n) is 3.17. The van der Waals surface area contributed by atoms with Gasteiger partial charge in [0.25, 0.3) is 5.91 Å². The number of nitrogens with one attached hydrogen (secondary N) is 1. The van der Waals surface area contributed by atoms with Crippen molar-refractivity contribution in [3.05, 3.63) is 45.8 Å². The van der Waals surface area contributed by atoms with Crippen LogP contribution in [0.1, 0.15) is 39.7 Å². The van der Waals surface area contributed by atoms with Crippen LogP contribution >= 0.6 is 11.3 Å². The molecule has 1 N–H and O–H groups in total. The number of carbonyl (C=O) groups is 2. The van der Waals surface area contributed by atoms with Gasteiger partial charge in [0.2, 0.25) is 0 Å². The molecule has 1 aromatic carbocycles. The van der Waals surface area contributed by atoms with Crippen LogP contribution in [-0.4, -0.2) is 25.6 Å². The lowest BCUT2D eigenvalue weighted by atomic mass is 9.88. The molecule has 26 heavy (non-hydrogen) atoms. The predicted octanol–water partition coefficient (Wildman–Crippen LogP) is 3.99. The molecule has 6 heteroatoms. The minimum atomic E-state index is -0.396. The number of hydrogen-bond donors (Lipinski definition) is 1. The predicted molar refractivity (Wildman–Crippen MR) is 102 cm³/mol. The second-order valence-corrected chi connectivity index (χ2v) is 7.81. The molecule has 1 unspecified atom stereocenters. The third-order valence-electron chi connectivity index (χ3n) is 4.51. The van der Waals surface area contributed by atoms with Crippen molar-refractivity contribution in [1.29, 1.82) is 0 Å². The molecule has 138 valence electrons. The number of thiophene rings is 1. The minimum Gasteiger partial charge on any atom is -0.484 e. The Hall–Kier alpha value is -2.34. The van der Waals surface area contributed by atoms with E-state index in [2.05, 4.69) is 12.2 Å². The number of ether oxygens (including phenoxy) is 2. The summed E-state index contributed by atoms with van der Waals surface area (Å²) in [5, 5.41) is 3.40. The van der Waals surface area contributed by atoms with Gasteiger partial charge in [0.05, 0.1) is 12.7 Å². The molecular formula is C20H23NO4S. The summed E-state index contributed by atoms with van der Waals surface area (Å²) in [5.74, 6) is 0.544. The van der Waals surface area contributed by atoms with Gasteiger partial charge < -0.3 is 14.8 Å². The van der Waals surface area contributed by atoms with Crippen molar-refractivity contribution in [1.82, 2.24) is 0 Å². The lowest BCUT2D eigenvalue weighted by Gasteiger charge is -2.18. The Morgan fingerprint density at radius 1 is 1.35 bits per heavy atom. The number of aryl methyl sites for hydroxylation is 1. The fourth-order valence-corrected chi connectivity index (χ4v) is 4.59. The average Bonchev–Trinajstić information content (AvgIpc) is 2.96. The van der Waals surface area contributed by atoms with Gasteiger partial charge in [0, 0.05) is 4.88 Å². The van der Waals surface area contributed by atoms with Crippen molar-refractivity contribution in [2.24, 2.45) is 5.92 Å². The number of esters is 1. The first-order chi connectivity index (χ1) is 12.5. The van der Waals surface area contributed by atoms with E-state index in [0.29, 0.717) is 22.2 Å². The summed E-state index contributed by atoms with van der Waals surface area (Å²) in [7, 11) is 1.37. The van der Waals surface area contributed by atoms with Crippen LogP contribution in [0.25, 0.3) is 0 Å². The van der Waals surface area contributed by atoms with Gasteiger partial charge in [-0.25, -0.2) is 4.79 Å². The van der Waals surface area contributed by atoms with Gasteiger partial charge in [-0.15, -0.1) is 11.3 Å². The van der Waals surface area contributed by atoms with Gasteiger partial charge in [-0.05, 0) is 55.4 Å². The van der Waals surface area contributed by atoms with Crippen molar-refractivity contribution in [3.8, 4) is 5.75 Å². The monoisotopic (exact) mass is 373 g/mol. The smallest absolute Gasteiger partial charge is 0.341 e. The molecule has 0 aliphatic heterocycles. The van der Waals surface area contributed by atoms with Crippen LogP contribution in [0.15, 0.2) is 24.3 Å². The second kappa shape index (κ2) is 7.91. The third kappa shape index (κ3) is 4.07. The van der Waals surface area contributed by atoms with Crippen molar-refractivity contribution >= 4 is 28.2 Å². The van der Waals surface area contributed by atoms with Gasteiger partial charge in [-0.1, -0.05) is 19.1 Å². The quantitative estimate of drug-likeness (QED) is 0.805. The molecule has 0 saturated carbocycles. The van der Waals surface area contributed by atoms with Crippen LogP contribution in [0.4, 0.5) is 5.00 Å². The van der Waals surface area contributed by atoms with Crippen LogP contribution in [0.3, 0.4) is 0 Å². The van der Waals surface area contributed by atoms with Crippen molar-refractivity contribution in [3.63, 3.8) is 0 Å². The number of amides is 1. The first-order valence-corrected chi connectivity index (χ1v) is 9.51. The fraction of sp³-hybridized carbons (Fsp3) is 0.400. The summed E-state index contributed by atoms with van der Waals surface area (Å²) in [6.45, 7) is 4.06. The molecule has 0 spiro atoms. The number of fused-ring (bicyclic) bond motifs is 1. The number of benzene rings is 1. The molecule has 0 saturated heterocycles. The first-order valence-electron chi connectivity index (χ1n) is 8.70. The normalized spacial score (nSPS) is 15.9. The van der Waals surface area contributed by atoms with E-state index in [1.54, 1.807) is 0 Å². The molecule has 0 fully saturated rings. The molecule has 1 aromatic heterocycles. The van der Waals surface area contributed by atoms with E-state index in [1.807, 2.05) is 31.2 Å². The van der Waals surface area contributed by atoms with Crippen LogP contribution in [0.5, 0.6) is 5.75 Å². The zero-order valence-corrected chi connectivity index (χ0v) is 16.1. The molecule has 0 radical (unpaired) electrons. The largest absolute Gasteiger partial charge is 0.484 e. The molecule has 1 aliphatic rings. The Morgan fingerprint density at radius 3 is 2.88 bits per heavy atom. The van der Waals surface area contributed by atoms with Crippen LogP contribution in [-0.2, 0) is 22.4 Å². The topological polar surface area (TPSA) is 64.6 Å². The van der Waals surface area contributed by atoms with Crippen LogP contribution in [0, 0.1) is 12.8 Å². The highest BCUT2D eigenvalue weighted by Gasteiger charge is 2.28. The number of carbonyl (C=O) groups excluding carboxylic acids is 2. The molecule has 3 rings (SSSR count). The maximum absolute atomic E-state index is 12.3. The standard InChI is InChI=1S/C20H23NO4S/c1-12-5-4-6-14(9-12)25-11-17(22)21-19-18(20(23)24-3)15-8-7-13(2)10-16(15)26-19/h4-6,9,13H,7-8,10-11H2,1-3H3,(H,21,22). The van der Waals surface area contributed by atoms with Gasteiger partial charge in [-0.2, -0.15) is 0 Å². The zero-order valence-electron chi connectivity index (χ0n) is 15.3. The summed E-state index contributed by atoms with van der Waals surface area (Å²) in [4.78, 5) is 25.7. The van der Waals surface area contributed by atoms with Crippen molar-refractivity contribution in [2.45, 2.75) is 33.1 Å². The van der Waals surface area contributed by atoms with Gasteiger partial charge >= 0.3 is 5.97 Å². The summed E-state index contributed by atoms with van der Waals surface area (Å²) < 4.78 is 10.5. The number of hydrogen-bond acceptors (Lipinski definition) is 5. The van der Waals surface area contributed by atoms with E-state index in [4.69, 9.17) is 9.47 Å². The summed E-state index contributed by atoms with van der Waals surface area (Å²) in [5.41, 5.74) is 2.59. The lowest BCUT2D eigenvalue weighted by molar-refractivity contribution is -0.118. The van der Waals surface area contributed by atoms with Crippen LogP contribution in [0.2, 0.25) is 0 Å². The summed E-state index contributed by atoms with van der Waals surface area (Å²) >= 11 is 1.47. The summed E-state index contributed by atoms with van der Waals surface area (Å²) in [6, 6.07) is 7.53. The van der Waals surface area contributed by atoms with E-state index in [1.165, 1.54) is 23.3 Å². The van der Waals surface area contributed by atoms with Gasteiger partial charge in [0.15, 0.2) is 6.61 Å². The van der Waals surface area contributed by atoms with Gasteiger partial charge in [-0.3, -0.25) is 4.79 Å². The number of methoxy groups -OCH3 is 1. The molecule has 1 amide bonds. The Labute approximate surface area is 157 Å². The zero-order chi connectivity index (χ0) is 18.7.